The van der Waals surface area contributed by atoms with Gasteiger partial charge in [-0.25, -0.2) is 9.97 Å². The van der Waals surface area contributed by atoms with Crippen molar-refractivity contribution in [2.24, 2.45) is 5.41 Å². The number of rotatable bonds is 2. The SMILES string of the molecule is CC(C)(C)CCc1ncccn1. The summed E-state index contributed by atoms with van der Waals surface area (Å²) in [6.07, 6.45) is 5.71. The van der Waals surface area contributed by atoms with E-state index in [1.807, 2.05) is 6.07 Å². The number of aryl methyl sites for hydroxylation is 1. The molecule has 0 saturated heterocycles. The fraction of sp³-hybridized carbons (Fsp3) is 0.600. The maximum absolute atomic E-state index is 4.17. The van der Waals surface area contributed by atoms with Crippen LogP contribution in [0.25, 0.3) is 0 Å². The Balaban J connectivity index is 2.44. The zero-order valence-electron chi connectivity index (χ0n) is 8.04. The summed E-state index contributed by atoms with van der Waals surface area (Å²) in [6, 6.07) is 1.85. The summed E-state index contributed by atoms with van der Waals surface area (Å²) in [5.41, 5.74) is 0.374. The Morgan fingerprint density at radius 1 is 1.17 bits per heavy atom. The highest BCUT2D eigenvalue weighted by Crippen LogP contribution is 2.19. The highest BCUT2D eigenvalue weighted by Gasteiger charge is 2.10. The Bertz CT molecular complexity index is 223. The van der Waals surface area contributed by atoms with Crippen LogP contribution >= 0.6 is 0 Å². The third kappa shape index (κ3) is 3.46. The van der Waals surface area contributed by atoms with E-state index >= 15 is 0 Å². The van der Waals surface area contributed by atoms with E-state index in [4.69, 9.17) is 0 Å². The van der Waals surface area contributed by atoms with Gasteiger partial charge in [-0.15, -0.1) is 0 Å². The van der Waals surface area contributed by atoms with Crippen LogP contribution in [0, 0.1) is 5.41 Å². The normalized spacial score (nSPS) is 11.6. The van der Waals surface area contributed by atoms with Crippen LogP contribution in [0.2, 0.25) is 0 Å². The van der Waals surface area contributed by atoms with E-state index in [2.05, 4.69) is 30.7 Å². The van der Waals surface area contributed by atoms with Crippen LogP contribution in [0.15, 0.2) is 18.5 Å². The van der Waals surface area contributed by atoms with Crippen LogP contribution < -0.4 is 0 Å². The molecule has 12 heavy (non-hydrogen) atoms. The Morgan fingerprint density at radius 2 is 1.75 bits per heavy atom. The average molecular weight is 164 g/mol. The molecule has 2 heteroatoms. The molecule has 0 bridgehead atoms. The Hall–Kier alpha value is -0.920. The molecule has 66 valence electrons. The fourth-order valence-electron chi connectivity index (χ4n) is 0.946. The van der Waals surface area contributed by atoms with Gasteiger partial charge < -0.3 is 0 Å². The van der Waals surface area contributed by atoms with Gasteiger partial charge in [0.25, 0.3) is 0 Å². The average Bonchev–Trinajstić information content (AvgIpc) is 2.02. The van der Waals surface area contributed by atoms with E-state index in [0.717, 1.165) is 18.7 Å². The van der Waals surface area contributed by atoms with Crippen LogP contribution in [0.4, 0.5) is 0 Å². The monoisotopic (exact) mass is 164 g/mol. The van der Waals surface area contributed by atoms with Gasteiger partial charge in [0.2, 0.25) is 0 Å². The molecule has 0 aliphatic carbocycles. The van der Waals surface area contributed by atoms with Crippen molar-refractivity contribution < 1.29 is 0 Å². The molecular formula is C10H16N2. The molecule has 1 rings (SSSR count). The third-order valence-electron chi connectivity index (χ3n) is 1.72. The first kappa shape index (κ1) is 9.17. The molecule has 1 aromatic heterocycles. The number of hydrogen-bond donors (Lipinski definition) is 0. The molecule has 0 spiro atoms. The quantitative estimate of drug-likeness (QED) is 0.671. The van der Waals surface area contributed by atoms with Crippen molar-refractivity contribution in [2.45, 2.75) is 33.6 Å². The largest absolute Gasteiger partial charge is 0.241 e. The molecule has 0 aliphatic heterocycles. The van der Waals surface area contributed by atoms with E-state index in [9.17, 15) is 0 Å². The van der Waals surface area contributed by atoms with Gasteiger partial charge in [0, 0.05) is 18.8 Å². The minimum atomic E-state index is 0.374. The van der Waals surface area contributed by atoms with Crippen molar-refractivity contribution >= 4 is 0 Å². The summed E-state index contributed by atoms with van der Waals surface area (Å²) in [7, 11) is 0. The zero-order valence-corrected chi connectivity index (χ0v) is 8.04. The molecular weight excluding hydrogens is 148 g/mol. The van der Waals surface area contributed by atoms with Crippen LogP contribution in [0.3, 0.4) is 0 Å². The van der Waals surface area contributed by atoms with Crippen molar-refractivity contribution in [1.82, 2.24) is 9.97 Å². The van der Waals surface area contributed by atoms with Gasteiger partial charge in [-0.05, 0) is 17.9 Å². The standard InChI is InChI=1S/C10H16N2/c1-10(2,3)6-5-9-11-7-4-8-12-9/h4,7-8H,5-6H2,1-3H3. The number of hydrogen-bond acceptors (Lipinski definition) is 2. The third-order valence-corrected chi connectivity index (χ3v) is 1.72. The van der Waals surface area contributed by atoms with E-state index in [-0.39, 0.29) is 0 Å². The van der Waals surface area contributed by atoms with Crippen molar-refractivity contribution in [2.75, 3.05) is 0 Å². The smallest absolute Gasteiger partial charge is 0.128 e. The summed E-state index contributed by atoms with van der Waals surface area (Å²) < 4.78 is 0. The van der Waals surface area contributed by atoms with Crippen LogP contribution in [-0.4, -0.2) is 9.97 Å². The first-order chi connectivity index (χ1) is 5.58. The second kappa shape index (κ2) is 3.65. The molecule has 0 amide bonds. The minimum Gasteiger partial charge on any atom is -0.241 e. The molecule has 2 nitrogen and oxygen atoms in total. The second-order valence-corrected chi connectivity index (χ2v) is 4.23. The number of aromatic nitrogens is 2. The van der Waals surface area contributed by atoms with E-state index in [1.165, 1.54) is 0 Å². The van der Waals surface area contributed by atoms with Gasteiger partial charge in [0.15, 0.2) is 0 Å². The Morgan fingerprint density at radius 3 is 2.25 bits per heavy atom. The predicted octanol–water partition coefficient (Wildman–Crippen LogP) is 2.46. The van der Waals surface area contributed by atoms with Crippen LogP contribution in [0.5, 0.6) is 0 Å². The lowest BCUT2D eigenvalue weighted by Crippen LogP contribution is -2.07. The Kier molecular flexibility index (Phi) is 2.79. The van der Waals surface area contributed by atoms with Gasteiger partial charge in [-0.2, -0.15) is 0 Å². The lowest BCUT2D eigenvalue weighted by molar-refractivity contribution is 0.374. The topological polar surface area (TPSA) is 25.8 Å². The summed E-state index contributed by atoms with van der Waals surface area (Å²) in [5, 5.41) is 0. The summed E-state index contributed by atoms with van der Waals surface area (Å²) in [4.78, 5) is 8.34. The van der Waals surface area contributed by atoms with Crippen LogP contribution in [-0.2, 0) is 6.42 Å². The zero-order chi connectivity index (χ0) is 9.03. The van der Waals surface area contributed by atoms with Crippen molar-refractivity contribution in [3.05, 3.63) is 24.3 Å². The minimum absolute atomic E-state index is 0.374. The van der Waals surface area contributed by atoms with Crippen LogP contribution in [0.1, 0.15) is 33.0 Å². The van der Waals surface area contributed by atoms with Crippen molar-refractivity contribution in [3.63, 3.8) is 0 Å². The fourth-order valence-corrected chi connectivity index (χ4v) is 0.946. The maximum atomic E-state index is 4.17. The van der Waals surface area contributed by atoms with Gasteiger partial charge in [0.05, 0.1) is 0 Å². The molecule has 0 aliphatic rings. The summed E-state index contributed by atoms with van der Waals surface area (Å²) in [6.45, 7) is 6.70. The highest BCUT2D eigenvalue weighted by atomic mass is 14.8. The second-order valence-electron chi connectivity index (χ2n) is 4.23. The van der Waals surface area contributed by atoms with E-state index < -0.39 is 0 Å². The molecule has 0 unspecified atom stereocenters. The Labute approximate surface area is 74.1 Å². The molecule has 0 radical (unpaired) electrons. The number of nitrogens with zero attached hydrogens (tertiary/aromatic N) is 2. The maximum Gasteiger partial charge on any atom is 0.128 e. The molecule has 0 atom stereocenters. The molecule has 0 N–H and O–H groups in total. The molecule has 0 aromatic carbocycles. The molecule has 0 fully saturated rings. The van der Waals surface area contributed by atoms with Gasteiger partial charge in [-0.1, -0.05) is 20.8 Å². The predicted molar refractivity (Wildman–Crippen MR) is 49.8 cm³/mol. The first-order valence-corrected chi connectivity index (χ1v) is 4.34. The molecule has 0 saturated carbocycles. The first-order valence-electron chi connectivity index (χ1n) is 4.34. The summed E-state index contributed by atoms with van der Waals surface area (Å²) in [5.74, 6) is 0.951. The van der Waals surface area contributed by atoms with Crippen molar-refractivity contribution in [3.8, 4) is 0 Å². The molecule has 1 aromatic rings. The van der Waals surface area contributed by atoms with Gasteiger partial charge in [0.1, 0.15) is 5.82 Å². The summed E-state index contributed by atoms with van der Waals surface area (Å²) >= 11 is 0. The lowest BCUT2D eigenvalue weighted by Gasteiger charge is -2.16. The van der Waals surface area contributed by atoms with E-state index in [1.54, 1.807) is 12.4 Å². The highest BCUT2D eigenvalue weighted by molar-refractivity contribution is 4.89. The molecule has 1 heterocycles. The van der Waals surface area contributed by atoms with Crippen molar-refractivity contribution in [1.29, 1.82) is 0 Å². The van der Waals surface area contributed by atoms with Gasteiger partial charge >= 0.3 is 0 Å². The lowest BCUT2D eigenvalue weighted by atomic mass is 9.90. The van der Waals surface area contributed by atoms with Gasteiger partial charge in [-0.3, -0.25) is 0 Å². The van der Waals surface area contributed by atoms with E-state index in [0.29, 0.717) is 5.41 Å².